The van der Waals surface area contributed by atoms with Crippen molar-refractivity contribution in [2.75, 3.05) is 0 Å². The highest BCUT2D eigenvalue weighted by molar-refractivity contribution is 5.52. The highest BCUT2D eigenvalue weighted by Gasteiger charge is 2.32. The van der Waals surface area contributed by atoms with Crippen LogP contribution in [-0.4, -0.2) is 0 Å². The molecule has 0 aromatic heterocycles. The van der Waals surface area contributed by atoms with Gasteiger partial charge in [0.15, 0.2) is 0 Å². The van der Waals surface area contributed by atoms with Crippen LogP contribution in [-0.2, 0) is 12.6 Å². The van der Waals surface area contributed by atoms with Crippen LogP contribution < -0.4 is 0 Å². The van der Waals surface area contributed by atoms with Gasteiger partial charge in [0.2, 0.25) is 0 Å². The molecule has 17 heavy (non-hydrogen) atoms. The molecule has 0 spiro atoms. The summed E-state index contributed by atoms with van der Waals surface area (Å²) >= 11 is 0. The molecule has 0 radical (unpaired) electrons. The van der Waals surface area contributed by atoms with E-state index in [1.54, 1.807) is 18.2 Å². The van der Waals surface area contributed by atoms with E-state index in [0.717, 1.165) is 0 Å². The molecule has 0 saturated heterocycles. The molecule has 84 valence electrons. The van der Waals surface area contributed by atoms with E-state index in [2.05, 4.69) is 0 Å². The molecule has 6 heteroatoms. The second kappa shape index (κ2) is 4.55. The largest absolute Gasteiger partial charge is 0.416 e. The molecular weight excluding hydrogens is 231 g/mol. The molecule has 0 aliphatic carbocycles. The maximum atomic E-state index is 12.5. The van der Waals surface area contributed by atoms with Crippen LogP contribution >= 0.6 is 0 Å². The molecule has 0 aliphatic heterocycles. The lowest BCUT2D eigenvalue weighted by Gasteiger charge is -2.10. The van der Waals surface area contributed by atoms with Gasteiger partial charge in [-0.25, -0.2) is 0 Å². The highest BCUT2D eigenvalue weighted by Crippen LogP contribution is 2.32. The monoisotopic (exact) mass is 235 g/mol. The first kappa shape index (κ1) is 12.5. The lowest BCUT2D eigenvalue weighted by Crippen LogP contribution is -2.08. The van der Waals surface area contributed by atoms with E-state index in [1.807, 2.05) is 0 Å². The summed E-state index contributed by atoms with van der Waals surface area (Å²) in [7, 11) is 0. The van der Waals surface area contributed by atoms with Gasteiger partial charge in [-0.1, -0.05) is 0 Å². The SMILES string of the molecule is N#CCc1c(C#N)cc(C(F)(F)F)cc1C#N. The molecule has 0 N–H and O–H groups in total. The van der Waals surface area contributed by atoms with Crippen molar-refractivity contribution in [3.05, 3.63) is 34.4 Å². The molecule has 0 bridgehead atoms. The van der Waals surface area contributed by atoms with Crippen LogP contribution in [0.15, 0.2) is 12.1 Å². The highest BCUT2D eigenvalue weighted by atomic mass is 19.4. The molecule has 0 aliphatic rings. The first-order chi connectivity index (χ1) is 7.93. The standard InChI is InChI=1S/C11H4F3N3/c12-11(13,14)9-3-7(5-16)10(1-2-15)8(4-9)6-17/h3-4H,1H2. The van der Waals surface area contributed by atoms with Crippen LogP contribution in [0.3, 0.4) is 0 Å². The average Bonchev–Trinajstić information content (AvgIpc) is 2.28. The smallest absolute Gasteiger partial charge is 0.198 e. The van der Waals surface area contributed by atoms with E-state index < -0.39 is 11.7 Å². The first-order valence-electron chi connectivity index (χ1n) is 4.35. The zero-order valence-electron chi connectivity index (χ0n) is 8.34. The molecule has 0 unspecified atom stereocenters. The van der Waals surface area contributed by atoms with Crippen molar-refractivity contribution in [2.45, 2.75) is 12.6 Å². The third kappa shape index (κ3) is 2.53. The van der Waals surface area contributed by atoms with Crippen LogP contribution in [0.25, 0.3) is 0 Å². The van der Waals surface area contributed by atoms with Gasteiger partial charge in [0, 0.05) is 5.56 Å². The van der Waals surface area contributed by atoms with Gasteiger partial charge in [0.1, 0.15) is 0 Å². The van der Waals surface area contributed by atoms with Crippen molar-refractivity contribution < 1.29 is 13.2 Å². The molecule has 3 nitrogen and oxygen atoms in total. The van der Waals surface area contributed by atoms with E-state index in [-0.39, 0.29) is 23.1 Å². The summed E-state index contributed by atoms with van der Waals surface area (Å²) in [5.41, 5.74) is -1.62. The second-order valence-electron chi connectivity index (χ2n) is 3.11. The predicted molar refractivity (Wildman–Crippen MR) is 50.2 cm³/mol. The molecule has 0 heterocycles. The molecule has 0 saturated carbocycles. The van der Waals surface area contributed by atoms with Crippen molar-refractivity contribution in [1.29, 1.82) is 15.8 Å². The van der Waals surface area contributed by atoms with Gasteiger partial charge in [0.05, 0.1) is 41.3 Å². The number of alkyl halides is 3. The van der Waals surface area contributed by atoms with E-state index in [0.29, 0.717) is 12.1 Å². The summed E-state index contributed by atoms with van der Waals surface area (Å²) in [5.74, 6) is 0. The predicted octanol–water partition coefficient (Wildman–Crippen LogP) is 2.51. The Morgan fingerprint density at radius 2 is 1.47 bits per heavy atom. The Morgan fingerprint density at radius 3 is 1.76 bits per heavy atom. The number of nitrogens with zero attached hydrogens (tertiary/aromatic N) is 3. The van der Waals surface area contributed by atoms with Crippen molar-refractivity contribution >= 4 is 0 Å². The number of halogens is 3. The first-order valence-corrected chi connectivity index (χ1v) is 4.35. The third-order valence-corrected chi connectivity index (χ3v) is 2.07. The van der Waals surface area contributed by atoms with Gasteiger partial charge in [-0.2, -0.15) is 29.0 Å². The quantitative estimate of drug-likeness (QED) is 0.750. The summed E-state index contributed by atoms with van der Waals surface area (Å²) in [6, 6.07) is 6.13. The van der Waals surface area contributed by atoms with Crippen molar-refractivity contribution in [3.63, 3.8) is 0 Å². The van der Waals surface area contributed by atoms with Crippen molar-refractivity contribution in [2.24, 2.45) is 0 Å². The van der Waals surface area contributed by atoms with Crippen LogP contribution in [0.4, 0.5) is 13.2 Å². The van der Waals surface area contributed by atoms with Gasteiger partial charge < -0.3 is 0 Å². The van der Waals surface area contributed by atoms with Gasteiger partial charge in [-0.05, 0) is 12.1 Å². The number of benzene rings is 1. The van der Waals surface area contributed by atoms with Crippen LogP contribution in [0.5, 0.6) is 0 Å². The third-order valence-electron chi connectivity index (χ3n) is 2.07. The summed E-state index contributed by atoms with van der Waals surface area (Å²) in [6.45, 7) is 0. The maximum absolute atomic E-state index is 12.5. The molecule has 1 aromatic rings. The minimum atomic E-state index is -4.62. The van der Waals surface area contributed by atoms with Crippen molar-refractivity contribution in [3.8, 4) is 18.2 Å². The fourth-order valence-corrected chi connectivity index (χ4v) is 1.30. The zero-order chi connectivity index (χ0) is 13.1. The van der Waals surface area contributed by atoms with Crippen LogP contribution in [0.1, 0.15) is 22.3 Å². The maximum Gasteiger partial charge on any atom is 0.416 e. The molecule has 1 aromatic carbocycles. The summed E-state index contributed by atoms with van der Waals surface area (Å²) in [5, 5.41) is 25.9. The number of hydrogen-bond donors (Lipinski definition) is 0. The number of hydrogen-bond acceptors (Lipinski definition) is 3. The van der Waals surface area contributed by atoms with Crippen LogP contribution in [0, 0.1) is 34.0 Å². The second-order valence-corrected chi connectivity index (χ2v) is 3.11. The molecule has 1 rings (SSSR count). The Morgan fingerprint density at radius 1 is 1.00 bits per heavy atom. The lowest BCUT2D eigenvalue weighted by atomic mass is 9.96. The zero-order valence-corrected chi connectivity index (χ0v) is 8.34. The summed E-state index contributed by atoms with van der Waals surface area (Å²) in [6.07, 6.45) is -4.90. The fraction of sp³-hybridized carbons (Fsp3) is 0.182. The van der Waals surface area contributed by atoms with Crippen molar-refractivity contribution in [1.82, 2.24) is 0 Å². The fourth-order valence-electron chi connectivity index (χ4n) is 1.30. The van der Waals surface area contributed by atoms with E-state index >= 15 is 0 Å². The number of rotatable bonds is 1. The Balaban J connectivity index is 3.54. The van der Waals surface area contributed by atoms with Gasteiger partial charge >= 0.3 is 6.18 Å². The topological polar surface area (TPSA) is 71.4 Å². The molecular formula is C11H4F3N3. The molecule has 0 fully saturated rings. The van der Waals surface area contributed by atoms with E-state index in [9.17, 15) is 13.2 Å². The van der Waals surface area contributed by atoms with Gasteiger partial charge in [-0.15, -0.1) is 0 Å². The van der Waals surface area contributed by atoms with Crippen LogP contribution in [0.2, 0.25) is 0 Å². The summed E-state index contributed by atoms with van der Waals surface area (Å²) < 4.78 is 37.4. The number of nitriles is 3. The Hall–Kier alpha value is -2.52. The Kier molecular flexibility index (Phi) is 3.36. The van der Waals surface area contributed by atoms with E-state index in [1.165, 1.54) is 0 Å². The van der Waals surface area contributed by atoms with Gasteiger partial charge in [-0.3, -0.25) is 0 Å². The molecule has 0 atom stereocenters. The average molecular weight is 235 g/mol. The Labute approximate surface area is 94.9 Å². The lowest BCUT2D eigenvalue weighted by molar-refractivity contribution is -0.137. The van der Waals surface area contributed by atoms with E-state index in [4.69, 9.17) is 15.8 Å². The molecule has 0 amide bonds. The Bertz CT molecular complexity index is 533. The normalized spacial score (nSPS) is 10.1. The van der Waals surface area contributed by atoms with Gasteiger partial charge in [0.25, 0.3) is 0 Å². The summed E-state index contributed by atoms with van der Waals surface area (Å²) in [4.78, 5) is 0. The minimum absolute atomic E-state index is 0.0329. The minimum Gasteiger partial charge on any atom is -0.198 e.